The third-order valence-corrected chi connectivity index (χ3v) is 6.42. The lowest BCUT2D eigenvalue weighted by Gasteiger charge is -2.42. The summed E-state index contributed by atoms with van der Waals surface area (Å²) in [5.41, 5.74) is 1.52. The standard InChI is InChI=1S/C25H25Cl2NO2/c26-22-12-7-13-23(27)21(22)16-25(29,20-10-5-2-6-11-20)24-18-28(14-15-30-24)17-19-8-3-1-4-9-19/h1-13,24,29H,14-18H2/t24-,25-/m1/s1. The smallest absolute Gasteiger partial charge is 0.121 e. The van der Waals surface area contributed by atoms with Gasteiger partial charge in [-0.25, -0.2) is 0 Å². The van der Waals surface area contributed by atoms with E-state index in [9.17, 15) is 5.11 Å². The van der Waals surface area contributed by atoms with Crippen molar-refractivity contribution in [2.45, 2.75) is 24.7 Å². The Balaban J connectivity index is 1.64. The number of benzene rings is 3. The normalized spacial score (nSPS) is 19.4. The van der Waals surface area contributed by atoms with Gasteiger partial charge in [-0.2, -0.15) is 0 Å². The van der Waals surface area contributed by atoms with Gasteiger partial charge in [0.15, 0.2) is 0 Å². The zero-order chi connectivity index (χ0) is 21.0. The van der Waals surface area contributed by atoms with Crippen LogP contribution < -0.4 is 0 Å². The van der Waals surface area contributed by atoms with Crippen LogP contribution in [0.25, 0.3) is 0 Å². The third-order valence-electron chi connectivity index (χ3n) is 5.71. The Labute approximate surface area is 187 Å². The highest BCUT2D eigenvalue weighted by atomic mass is 35.5. The molecule has 3 aromatic carbocycles. The maximum absolute atomic E-state index is 12.0. The summed E-state index contributed by atoms with van der Waals surface area (Å²) in [5.74, 6) is 0. The first-order valence-electron chi connectivity index (χ1n) is 10.1. The molecule has 1 saturated heterocycles. The fourth-order valence-electron chi connectivity index (χ4n) is 4.08. The van der Waals surface area contributed by atoms with Crippen LogP contribution in [0.3, 0.4) is 0 Å². The average molecular weight is 442 g/mol. The van der Waals surface area contributed by atoms with Gasteiger partial charge in [0, 0.05) is 36.1 Å². The zero-order valence-electron chi connectivity index (χ0n) is 16.7. The molecule has 0 radical (unpaired) electrons. The summed E-state index contributed by atoms with van der Waals surface area (Å²) in [6.07, 6.45) is -0.135. The quantitative estimate of drug-likeness (QED) is 0.561. The summed E-state index contributed by atoms with van der Waals surface area (Å²) >= 11 is 12.9. The van der Waals surface area contributed by atoms with Gasteiger partial charge >= 0.3 is 0 Å². The lowest BCUT2D eigenvalue weighted by Crippen LogP contribution is -2.53. The van der Waals surface area contributed by atoms with Crippen molar-refractivity contribution in [3.63, 3.8) is 0 Å². The molecule has 0 spiro atoms. The minimum absolute atomic E-state index is 0.277. The molecule has 0 unspecified atom stereocenters. The van der Waals surface area contributed by atoms with Gasteiger partial charge in [-0.1, -0.05) is 89.9 Å². The third kappa shape index (κ3) is 4.72. The minimum Gasteiger partial charge on any atom is -0.382 e. The number of morpholine rings is 1. The van der Waals surface area contributed by atoms with Gasteiger partial charge in [0.2, 0.25) is 0 Å². The van der Waals surface area contributed by atoms with Crippen molar-refractivity contribution in [2.24, 2.45) is 0 Å². The SMILES string of the molecule is O[C@](Cc1c(Cl)cccc1Cl)(c1ccccc1)[C@H]1CN(Cc2ccccc2)CCO1. The van der Waals surface area contributed by atoms with Gasteiger partial charge in [-0.15, -0.1) is 0 Å². The van der Waals surface area contributed by atoms with E-state index in [-0.39, 0.29) is 6.42 Å². The van der Waals surface area contributed by atoms with E-state index in [0.717, 1.165) is 24.2 Å². The van der Waals surface area contributed by atoms with Crippen molar-refractivity contribution in [2.75, 3.05) is 19.7 Å². The molecule has 4 rings (SSSR count). The van der Waals surface area contributed by atoms with Crippen LogP contribution in [0.2, 0.25) is 10.0 Å². The van der Waals surface area contributed by atoms with E-state index in [0.29, 0.717) is 23.2 Å². The van der Waals surface area contributed by atoms with Crippen LogP contribution in [0.5, 0.6) is 0 Å². The molecule has 1 aliphatic heterocycles. The molecule has 0 aliphatic carbocycles. The van der Waals surface area contributed by atoms with Crippen molar-refractivity contribution < 1.29 is 9.84 Å². The van der Waals surface area contributed by atoms with Gasteiger partial charge in [-0.3, -0.25) is 4.90 Å². The summed E-state index contributed by atoms with van der Waals surface area (Å²) < 4.78 is 6.14. The van der Waals surface area contributed by atoms with Crippen molar-refractivity contribution in [3.05, 3.63) is 106 Å². The van der Waals surface area contributed by atoms with Gasteiger partial charge < -0.3 is 9.84 Å². The lowest BCUT2D eigenvalue weighted by molar-refractivity contribution is -0.149. The Morgan fingerprint density at radius 1 is 0.900 bits per heavy atom. The summed E-state index contributed by atoms with van der Waals surface area (Å²) in [4.78, 5) is 2.33. The molecule has 1 fully saturated rings. The Bertz CT molecular complexity index is 947. The zero-order valence-corrected chi connectivity index (χ0v) is 18.2. The molecule has 1 N–H and O–H groups in total. The maximum atomic E-state index is 12.0. The minimum atomic E-state index is -1.26. The van der Waals surface area contributed by atoms with Gasteiger partial charge in [-0.05, 0) is 28.8 Å². The van der Waals surface area contributed by atoms with Crippen LogP contribution in [-0.4, -0.2) is 35.8 Å². The predicted molar refractivity (Wildman–Crippen MR) is 122 cm³/mol. The van der Waals surface area contributed by atoms with Gasteiger partial charge in [0.05, 0.1) is 6.61 Å². The van der Waals surface area contributed by atoms with E-state index < -0.39 is 11.7 Å². The molecule has 30 heavy (non-hydrogen) atoms. The van der Waals surface area contributed by atoms with E-state index >= 15 is 0 Å². The van der Waals surface area contributed by atoms with Crippen LogP contribution in [0.15, 0.2) is 78.9 Å². The van der Waals surface area contributed by atoms with Gasteiger partial charge in [0.25, 0.3) is 0 Å². The first kappa shape index (κ1) is 21.4. The number of ether oxygens (including phenoxy) is 1. The van der Waals surface area contributed by atoms with Crippen LogP contribution in [0.4, 0.5) is 0 Å². The molecular weight excluding hydrogens is 417 g/mol. The second-order valence-corrected chi connectivity index (χ2v) is 8.56. The van der Waals surface area contributed by atoms with Crippen molar-refractivity contribution >= 4 is 23.2 Å². The first-order valence-corrected chi connectivity index (χ1v) is 10.9. The van der Waals surface area contributed by atoms with Crippen LogP contribution >= 0.6 is 23.2 Å². The molecule has 3 aromatic rings. The molecule has 0 amide bonds. The fraction of sp³-hybridized carbons (Fsp3) is 0.280. The molecule has 1 heterocycles. The molecule has 2 atom stereocenters. The maximum Gasteiger partial charge on any atom is 0.121 e. The largest absolute Gasteiger partial charge is 0.382 e. The van der Waals surface area contributed by atoms with E-state index in [2.05, 4.69) is 17.0 Å². The molecule has 3 nitrogen and oxygen atoms in total. The number of halogens is 2. The molecular formula is C25H25Cl2NO2. The number of rotatable bonds is 6. The molecule has 1 aliphatic rings. The Morgan fingerprint density at radius 2 is 1.53 bits per heavy atom. The Morgan fingerprint density at radius 3 is 2.20 bits per heavy atom. The van der Waals surface area contributed by atoms with Crippen LogP contribution in [0, 0.1) is 0 Å². The highest BCUT2D eigenvalue weighted by Gasteiger charge is 2.42. The molecule has 0 saturated carbocycles. The topological polar surface area (TPSA) is 32.7 Å². The second-order valence-electron chi connectivity index (χ2n) is 7.75. The van der Waals surface area contributed by atoms with Crippen LogP contribution in [-0.2, 0) is 23.3 Å². The molecule has 5 heteroatoms. The van der Waals surface area contributed by atoms with Crippen molar-refractivity contribution in [1.82, 2.24) is 4.90 Å². The van der Waals surface area contributed by atoms with E-state index in [1.807, 2.05) is 54.6 Å². The summed E-state index contributed by atoms with van der Waals surface area (Å²) in [6.45, 7) is 2.81. The number of aliphatic hydroxyl groups is 1. The number of hydrogen-bond donors (Lipinski definition) is 1. The van der Waals surface area contributed by atoms with E-state index in [1.165, 1.54) is 5.56 Å². The van der Waals surface area contributed by atoms with Gasteiger partial charge in [0.1, 0.15) is 11.7 Å². The van der Waals surface area contributed by atoms with Crippen LogP contribution in [0.1, 0.15) is 16.7 Å². The monoisotopic (exact) mass is 441 g/mol. The van der Waals surface area contributed by atoms with Crippen molar-refractivity contribution in [3.8, 4) is 0 Å². The van der Waals surface area contributed by atoms with Crippen molar-refractivity contribution in [1.29, 1.82) is 0 Å². The Kier molecular flexibility index (Phi) is 6.77. The predicted octanol–water partition coefficient (Wildman–Crippen LogP) is 5.32. The second kappa shape index (κ2) is 9.51. The first-order chi connectivity index (χ1) is 14.6. The molecule has 0 bridgehead atoms. The average Bonchev–Trinajstić information content (AvgIpc) is 2.78. The lowest BCUT2D eigenvalue weighted by atomic mass is 9.81. The highest BCUT2D eigenvalue weighted by molar-refractivity contribution is 6.36. The Hall–Kier alpha value is -1.88. The van der Waals surface area contributed by atoms with E-state index in [4.69, 9.17) is 27.9 Å². The highest BCUT2D eigenvalue weighted by Crippen LogP contribution is 2.37. The van der Waals surface area contributed by atoms with E-state index in [1.54, 1.807) is 12.1 Å². The molecule has 0 aromatic heterocycles. The summed E-state index contributed by atoms with van der Waals surface area (Å²) in [6, 6.07) is 25.5. The number of hydrogen-bond acceptors (Lipinski definition) is 3. The fourth-order valence-corrected chi connectivity index (χ4v) is 4.61. The summed E-state index contributed by atoms with van der Waals surface area (Å²) in [7, 11) is 0. The molecule has 156 valence electrons. The summed E-state index contributed by atoms with van der Waals surface area (Å²) in [5, 5.41) is 13.1. The number of nitrogens with zero attached hydrogens (tertiary/aromatic N) is 1.